The molecule has 2 heterocycles. The van der Waals surface area contributed by atoms with Gasteiger partial charge in [-0.25, -0.2) is 0 Å². The van der Waals surface area contributed by atoms with Crippen molar-refractivity contribution >= 4 is 52.7 Å². The van der Waals surface area contributed by atoms with Crippen LogP contribution in [0.15, 0.2) is 17.1 Å². The van der Waals surface area contributed by atoms with Gasteiger partial charge in [-0.1, -0.05) is 23.2 Å². The fourth-order valence-electron chi connectivity index (χ4n) is 2.02. The van der Waals surface area contributed by atoms with Gasteiger partial charge in [-0.15, -0.1) is 0 Å². The van der Waals surface area contributed by atoms with Crippen LogP contribution in [0.25, 0.3) is 11.6 Å². The minimum atomic E-state index is -0.126. The van der Waals surface area contributed by atoms with E-state index in [1.807, 2.05) is 0 Å². The van der Waals surface area contributed by atoms with Gasteiger partial charge in [0.25, 0.3) is 0 Å². The number of nitrogen functional groups attached to an aromatic ring is 1. The lowest BCUT2D eigenvalue weighted by molar-refractivity contribution is 0.455. The Kier molecular flexibility index (Phi) is 2.96. The second-order valence-electron chi connectivity index (χ2n) is 4.38. The maximum Gasteiger partial charge on any atom is 0.238 e. The fourth-order valence-corrected chi connectivity index (χ4v) is 2.34. The van der Waals surface area contributed by atoms with E-state index in [1.54, 1.807) is 36.0 Å². The van der Waals surface area contributed by atoms with Crippen LogP contribution in [0.5, 0.6) is 5.88 Å². The number of aliphatic imine (C=N–C) groups is 1. The van der Waals surface area contributed by atoms with Crippen molar-refractivity contribution in [2.45, 2.75) is 0 Å². The summed E-state index contributed by atoms with van der Waals surface area (Å²) in [6.45, 7) is 0. The molecule has 0 unspecified atom stereocenters. The zero-order chi connectivity index (χ0) is 14.4. The van der Waals surface area contributed by atoms with Crippen molar-refractivity contribution in [3.8, 4) is 5.88 Å². The number of aromatic nitrogens is 2. The number of benzene rings is 1. The highest BCUT2D eigenvalue weighted by Gasteiger charge is 2.17. The zero-order valence-electron chi connectivity index (χ0n) is 10.4. The maximum atomic E-state index is 9.77. The van der Waals surface area contributed by atoms with Gasteiger partial charge >= 0.3 is 0 Å². The lowest BCUT2D eigenvalue weighted by Gasteiger charge is -2.03. The number of aromatic hydroxyl groups is 1. The number of halogens is 2. The molecule has 0 spiro atoms. The minimum Gasteiger partial charge on any atom is -0.492 e. The van der Waals surface area contributed by atoms with E-state index in [2.05, 4.69) is 9.98 Å². The van der Waals surface area contributed by atoms with Crippen LogP contribution in [-0.2, 0) is 7.05 Å². The SMILES string of the molecule is Cn1c(N)nc(O)c1C=C1C=Nc2cc(Cl)c(Cl)cc21. The van der Waals surface area contributed by atoms with Crippen molar-refractivity contribution in [3.05, 3.63) is 33.4 Å². The van der Waals surface area contributed by atoms with Crippen molar-refractivity contribution < 1.29 is 5.11 Å². The Morgan fingerprint density at radius 3 is 2.65 bits per heavy atom. The van der Waals surface area contributed by atoms with Crippen molar-refractivity contribution in [1.29, 1.82) is 0 Å². The number of allylic oxidation sites excluding steroid dienone is 1. The number of nitrogens with zero attached hydrogens (tertiary/aromatic N) is 3. The molecule has 0 aliphatic carbocycles. The van der Waals surface area contributed by atoms with Crippen LogP contribution in [-0.4, -0.2) is 20.9 Å². The molecule has 0 saturated heterocycles. The van der Waals surface area contributed by atoms with Gasteiger partial charge in [0.15, 0.2) is 0 Å². The first-order valence-corrected chi connectivity index (χ1v) is 6.49. The Balaban J connectivity index is 2.13. The quantitative estimate of drug-likeness (QED) is 0.849. The van der Waals surface area contributed by atoms with Crippen LogP contribution >= 0.6 is 23.2 Å². The third-order valence-electron chi connectivity index (χ3n) is 3.14. The summed E-state index contributed by atoms with van der Waals surface area (Å²) >= 11 is 12.0. The van der Waals surface area contributed by atoms with Crippen LogP contribution < -0.4 is 5.73 Å². The molecule has 0 saturated carbocycles. The molecule has 0 atom stereocenters. The topological polar surface area (TPSA) is 76.4 Å². The average Bonchev–Trinajstić information content (AvgIpc) is 2.87. The summed E-state index contributed by atoms with van der Waals surface area (Å²) in [5.41, 5.74) is 8.53. The molecule has 2 aromatic rings. The molecular formula is C13H10Cl2N4O. The number of rotatable bonds is 1. The van der Waals surface area contributed by atoms with Crippen molar-refractivity contribution in [3.63, 3.8) is 0 Å². The third kappa shape index (κ3) is 1.95. The van der Waals surface area contributed by atoms with Crippen molar-refractivity contribution in [2.75, 3.05) is 5.73 Å². The highest BCUT2D eigenvalue weighted by molar-refractivity contribution is 6.42. The summed E-state index contributed by atoms with van der Waals surface area (Å²) in [7, 11) is 1.72. The Morgan fingerprint density at radius 1 is 1.30 bits per heavy atom. The minimum absolute atomic E-state index is 0.126. The zero-order valence-corrected chi connectivity index (χ0v) is 11.9. The molecule has 0 fully saturated rings. The number of imidazole rings is 1. The average molecular weight is 309 g/mol. The van der Waals surface area contributed by atoms with Gasteiger partial charge in [0.05, 0.1) is 15.7 Å². The molecule has 1 aromatic heterocycles. The molecular weight excluding hydrogens is 299 g/mol. The fraction of sp³-hybridized carbons (Fsp3) is 0.0769. The van der Waals surface area contributed by atoms with Gasteiger partial charge in [-0.2, -0.15) is 4.98 Å². The number of anilines is 1. The molecule has 7 heteroatoms. The number of hydrogen-bond donors (Lipinski definition) is 2. The molecule has 5 nitrogen and oxygen atoms in total. The van der Waals surface area contributed by atoms with E-state index in [-0.39, 0.29) is 11.8 Å². The Labute approximate surface area is 125 Å². The highest BCUT2D eigenvalue weighted by atomic mass is 35.5. The molecule has 20 heavy (non-hydrogen) atoms. The van der Waals surface area contributed by atoms with Gasteiger partial charge in [0.1, 0.15) is 5.69 Å². The van der Waals surface area contributed by atoms with Gasteiger partial charge < -0.3 is 15.4 Å². The largest absolute Gasteiger partial charge is 0.492 e. The molecule has 1 aliphatic rings. The second-order valence-corrected chi connectivity index (χ2v) is 5.19. The Bertz CT molecular complexity index is 777. The summed E-state index contributed by atoms with van der Waals surface area (Å²) in [5, 5.41) is 10.7. The maximum absolute atomic E-state index is 9.77. The predicted octanol–water partition coefficient (Wildman–Crippen LogP) is 3.27. The molecule has 1 aromatic carbocycles. The summed E-state index contributed by atoms with van der Waals surface area (Å²) in [6, 6.07) is 3.45. The Morgan fingerprint density at radius 2 is 2.00 bits per heavy atom. The van der Waals surface area contributed by atoms with Crippen molar-refractivity contribution in [1.82, 2.24) is 9.55 Å². The van der Waals surface area contributed by atoms with Crippen LogP contribution in [0.3, 0.4) is 0 Å². The standard InChI is InChI=1S/C13H10Cl2N4O/c1-19-11(12(20)18-13(19)16)2-6-5-17-10-4-9(15)8(14)3-7(6)10/h2-5,20H,1H3,(H2,16,18). The first-order chi connectivity index (χ1) is 9.47. The number of fused-ring (bicyclic) bond motifs is 1. The molecule has 1 aliphatic heterocycles. The van der Waals surface area contributed by atoms with Gasteiger partial charge in [0.2, 0.25) is 11.8 Å². The lowest BCUT2D eigenvalue weighted by Crippen LogP contribution is -1.98. The summed E-state index contributed by atoms with van der Waals surface area (Å²) in [6.07, 6.45) is 3.43. The van der Waals surface area contributed by atoms with Crippen molar-refractivity contribution in [2.24, 2.45) is 12.0 Å². The van der Waals surface area contributed by atoms with Gasteiger partial charge in [-0.05, 0) is 18.2 Å². The van der Waals surface area contributed by atoms with E-state index < -0.39 is 0 Å². The van der Waals surface area contributed by atoms with E-state index in [4.69, 9.17) is 28.9 Å². The van der Waals surface area contributed by atoms with E-state index >= 15 is 0 Å². The van der Waals surface area contributed by atoms with Crippen LogP contribution in [0, 0.1) is 0 Å². The van der Waals surface area contributed by atoms with Crippen LogP contribution in [0.2, 0.25) is 10.0 Å². The number of nitrogens with two attached hydrogens (primary N) is 1. The van der Waals surface area contributed by atoms with Crippen LogP contribution in [0.4, 0.5) is 11.6 Å². The van der Waals surface area contributed by atoms with Gasteiger partial charge in [-0.3, -0.25) is 4.99 Å². The lowest BCUT2D eigenvalue weighted by atomic mass is 10.1. The second kappa shape index (κ2) is 4.54. The third-order valence-corrected chi connectivity index (χ3v) is 3.86. The van der Waals surface area contributed by atoms with E-state index in [0.29, 0.717) is 15.7 Å². The number of hydrogen-bond acceptors (Lipinski definition) is 4. The Hall–Kier alpha value is -1.98. The molecule has 3 N–H and O–H groups in total. The smallest absolute Gasteiger partial charge is 0.238 e. The summed E-state index contributed by atoms with van der Waals surface area (Å²) in [5.74, 6) is 0.109. The monoisotopic (exact) mass is 308 g/mol. The predicted molar refractivity (Wildman–Crippen MR) is 81.8 cm³/mol. The van der Waals surface area contributed by atoms with E-state index in [0.717, 1.165) is 16.8 Å². The molecule has 3 rings (SSSR count). The molecule has 0 radical (unpaired) electrons. The highest BCUT2D eigenvalue weighted by Crippen LogP contribution is 2.39. The van der Waals surface area contributed by atoms with Crippen LogP contribution in [0.1, 0.15) is 11.3 Å². The van der Waals surface area contributed by atoms with E-state index in [1.165, 1.54) is 0 Å². The van der Waals surface area contributed by atoms with Gasteiger partial charge in [0, 0.05) is 24.4 Å². The summed E-state index contributed by atoms with van der Waals surface area (Å²) in [4.78, 5) is 8.07. The molecule has 0 bridgehead atoms. The van der Waals surface area contributed by atoms with E-state index in [9.17, 15) is 5.11 Å². The molecule has 102 valence electrons. The molecule has 0 amide bonds. The summed E-state index contributed by atoms with van der Waals surface area (Å²) < 4.78 is 1.59. The first kappa shape index (κ1) is 13.0. The normalized spacial score (nSPS) is 15.1. The first-order valence-electron chi connectivity index (χ1n) is 5.73.